The summed E-state index contributed by atoms with van der Waals surface area (Å²) in [4.78, 5) is 9.52. The van der Waals surface area contributed by atoms with E-state index in [0.29, 0.717) is 12.1 Å². The molecule has 2 aliphatic heterocycles. The summed E-state index contributed by atoms with van der Waals surface area (Å²) in [6.45, 7) is 12.7. The normalized spacial score (nSPS) is 22.3. The van der Waals surface area contributed by atoms with E-state index in [9.17, 15) is 0 Å². The summed E-state index contributed by atoms with van der Waals surface area (Å²) < 4.78 is 2.04. The number of thiocarbonyl (C=S) groups is 2. The first-order chi connectivity index (χ1) is 10.4. The van der Waals surface area contributed by atoms with E-state index in [-0.39, 0.29) is 0 Å². The molecule has 0 bridgehead atoms. The molecular formula is C14H26N4S4. The third-order valence-electron chi connectivity index (χ3n) is 4.03. The molecule has 2 rings (SSSR count). The van der Waals surface area contributed by atoms with E-state index in [1.54, 1.807) is 23.5 Å². The summed E-state index contributed by atoms with van der Waals surface area (Å²) in [5, 5.41) is 0. The van der Waals surface area contributed by atoms with Gasteiger partial charge in [-0.05, 0) is 27.7 Å². The summed E-state index contributed by atoms with van der Waals surface area (Å²) in [5.41, 5.74) is 0. The summed E-state index contributed by atoms with van der Waals surface area (Å²) in [7, 11) is 0. The quantitative estimate of drug-likeness (QED) is 0.669. The van der Waals surface area contributed by atoms with Crippen molar-refractivity contribution in [2.75, 3.05) is 38.2 Å². The Morgan fingerprint density at radius 3 is 1.50 bits per heavy atom. The highest BCUT2D eigenvalue weighted by Crippen LogP contribution is 2.23. The Hall–Kier alpha value is 0.400. The number of hydrogen-bond donors (Lipinski definition) is 0. The summed E-state index contributed by atoms with van der Waals surface area (Å²) >= 11 is 14.6. The summed E-state index contributed by atoms with van der Waals surface area (Å²) in [6, 6.07) is 1.11. The number of nitrogens with zero attached hydrogens (tertiary/aromatic N) is 4. The maximum Gasteiger partial charge on any atom is 0.138 e. The molecule has 126 valence electrons. The van der Waals surface area contributed by atoms with Crippen LogP contribution in [0.15, 0.2) is 0 Å². The fourth-order valence-corrected chi connectivity index (χ4v) is 4.87. The van der Waals surface area contributed by atoms with Crippen LogP contribution in [0.2, 0.25) is 0 Å². The molecule has 0 unspecified atom stereocenters. The molecule has 0 aliphatic carbocycles. The largest absolute Gasteiger partial charge is 0.343 e. The second-order valence-corrected chi connectivity index (χ2v) is 9.41. The molecular weight excluding hydrogens is 352 g/mol. The van der Waals surface area contributed by atoms with E-state index in [1.165, 1.54) is 0 Å². The number of thioether (sulfide) groups is 2. The number of hydrogen-bond acceptors (Lipinski definition) is 6. The van der Waals surface area contributed by atoms with Gasteiger partial charge in [0.05, 0.1) is 25.1 Å². The van der Waals surface area contributed by atoms with Gasteiger partial charge in [-0.2, -0.15) is 0 Å². The highest BCUT2D eigenvalue weighted by atomic mass is 32.2. The lowest BCUT2D eigenvalue weighted by Gasteiger charge is -2.42. The second-order valence-electron chi connectivity index (χ2n) is 6.25. The maximum absolute atomic E-state index is 5.52. The van der Waals surface area contributed by atoms with Gasteiger partial charge in [-0.3, -0.25) is 9.80 Å². The van der Waals surface area contributed by atoms with Crippen LogP contribution in [0.25, 0.3) is 0 Å². The molecule has 2 heterocycles. The van der Waals surface area contributed by atoms with Gasteiger partial charge in [-0.25, -0.2) is 0 Å². The van der Waals surface area contributed by atoms with Crippen molar-refractivity contribution >= 4 is 56.6 Å². The maximum atomic E-state index is 5.52. The van der Waals surface area contributed by atoms with Gasteiger partial charge < -0.3 is 9.80 Å². The molecule has 8 heteroatoms. The topological polar surface area (TPSA) is 13.0 Å². The average molecular weight is 379 g/mol. The second kappa shape index (κ2) is 8.48. The van der Waals surface area contributed by atoms with Crippen molar-refractivity contribution in [2.45, 2.75) is 39.8 Å². The molecule has 22 heavy (non-hydrogen) atoms. The standard InChI is InChI=1S/C14H26N4S4/c1-11(2)17-7-15(13(19)21-9-17)5-6-16-8-18(12(3)4)10-22-14(16)20/h11-12H,5-10H2,1-4H3. The zero-order valence-corrected chi connectivity index (χ0v) is 17.1. The lowest BCUT2D eigenvalue weighted by molar-refractivity contribution is 0.146. The van der Waals surface area contributed by atoms with Crippen LogP contribution < -0.4 is 0 Å². The minimum atomic E-state index is 0.557. The Bertz CT molecular complexity index is 378. The minimum absolute atomic E-state index is 0.557. The van der Waals surface area contributed by atoms with Crippen molar-refractivity contribution in [1.29, 1.82) is 0 Å². The molecule has 0 amide bonds. The summed E-state index contributed by atoms with van der Waals surface area (Å²) in [6.07, 6.45) is 0. The van der Waals surface area contributed by atoms with Gasteiger partial charge >= 0.3 is 0 Å². The van der Waals surface area contributed by atoms with Crippen LogP contribution in [0.3, 0.4) is 0 Å². The van der Waals surface area contributed by atoms with Crippen LogP contribution in [0, 0.1) is 0 Å². The number of rotatable bonds is 5. The summed E-state index contributed by atoms with van der Waals surface area (Å²) in [5.74, 6) is 2.01. The lowest BCUT2D eigenvalue weighted by Crippen LogP contribution is -2.52. The molecule has 0 atom stereocenters. The van der Waals surface area contributed by atoms with Crippen LogP contribution in [-0.2, 0) is 0 Å². The predicted molar refractivity (Wildman–Crippen MR) is 107 cm³/mol. The fourth-order valence-electron chi connectivity index (χ4n) is 2.28. The van der Waals surface area contributed by atoms with Crippen LogP contribution >= 0.6 is 48.0 Å². The van der Waals surface area contributed by atoms with Crippen LogP contribution in [0.1, 0.15) is 27.7 Å². The highest BCUT2D eigenvalue weighted by molar-refractivity contribution is 8.23. The van der Waals surface area contributed by atoms with E-state index >= 15 is 0 Å². The SMILES string of the molecule is CC(C)N1CSC(=S)N(CCN2CN(C(C)C)CSC2=S)C1. The van der Waals surface area contributed by atoms with Crippen molar-refractivity contribution in [3.63, 3.8) is 0 Å². The van der Waals surface area contributed by atoms with E-state index in [4.69, 9.17) is 24.4 Å². The van der Waals surface area contributed by atoms with Gasteiger partial charge in [0.25, 0.3) is 0 Å². The molecule has 2 fully saturated rings. The van der Waals surface area contributed by atoms with E-state index < -0.39 is 0 Å². The lowest BCUT2D eigenvalue weighted by atomic mass is 10.3. The molecule has 4 nitrogen and oxygen atoms in total. The van der Waals surface area contributed by atoms with Crippen molar-refractivity contribution < 1.29 is 0 Å². The van der Waals surface area contributed by atoms with Crippen LogP contribution in [0.5, 0.6) is 0 Å². The molecule has 0 spiro atoms. The van der Waals surface area contributed by atoms with E-state index in [0.717, 1.165) is 46.8 Å². The van der Waals surface area contributed by atoms with E-state index in [2.05, 4.69) is 47.3 Å². The molecule has 0 radical (unpaired) electrons. The van der Waals surface area contributed by atoms with Gasteiger partial charge in [-0.1, -0.05) is 48.0 Å². The van der Waals surface area contributed by atoms with Gasteiger partial charge in [0.1, 0.15) is 8.64 Å². The van der Waals surface area contributed by atoms with Gasteiger partial charge in [0.2, 0.25) is 0 Å². The van der Waals surface area contributed by atoms with Gasteiger partial charge in [0, 0.05) is 25.2 Å². The third-order valence-corrected chi connectivity index (χ3v) is 7.18. The Morgan fingerprint density at radius 2 is 1.18 bits per heavy atom. The van der Waals surface area contributed by atoms with Crippen LogP contribution in [-0.4, -0.2) is 78.5 Å². The molecule has 2 aliphatic rings. The average Bonchev–Trinajstić information content (AvgIpc) is 2.47. The zero-order chi connectivity index (χ0) is 16.3. The fraction of sp³-hybridized carbons (Fsp3) is 0.857. The van der Waals surface area contributed by atoms with Crippen molar-refractivity contribution in [1.82, 2.24) is 19.6 Å². The predicted octanol–water partition coefficient (Wildman–Crippen LogP) is 2.90. The Balaban J connectivity index is 1.87. The van der Waals surface area contributed by atoms with E-state index in [1.807, 2.05) is 0 Å². The minimum Gasteiger partial charge on any atom is -0.343 e. The molecule has 2 saturated heterocycles. The molecule has 0 N–H and O–H groups in total. The monoisotopic (exact) mass is 378 g/mol. The molecule has 0 aromatic carbocycles. The first-order valence-electron chi connectivity index (χ1n) is 7.70. The van der Waals surface area contributed by atoms with Crippen molar-refractivity contribution in [2.24, 2.45) is 0 Å². The van der Waals surface area contributed by atoms with Crippen LogP contribution in [0.4, 0.5) is 0 Å². The van der Waals surface area contributed by atoms with Gasteiger partial charge in [0.15, 0.2) is 0 Å². The van der Waals surface area contributed by atoms with Crippen molar-refractivity contribution in [3.05, 3.63) is 0 Å². The molecule has 0 aromatic heterocycles. The first-order valence-corrected chi connectivity index (χ1v) is 10.5. The molecule has 0 aromatic rings. The smallest absolute Gasteiger partial charge is 0.138 e. The Morgan fingerprint density at radius 1 is 0.818 bits per heavy atom. The third kappa shape index (κ3) is 4.95. The Kier molecular flexibility index (Phi) is 7.22. The first kappa shape index (κ1) is 18.7. The van der Waals surface area contributed by atoms with Gasteiger partial charge in [-0.15, -0.1) is 0 Å². The molecule has 0 saturated carbocycles. The van der Waals surface area contributed by atoms with Crippen molar-refractivity contribution in [3.8, 4) is 0 Å². The zero-order valence-electron chi connectivity index (χ0n) is 13.8. The Labute approximate surface area is 153 Å². The highest BCUT2D eigenvalue weighted by Gasteiger charge is 2.26.